The molecule has 0 unspecified atom stereocenters. The zero-order chi connectivity index (χ0) is 17.6. The van der Waals surface area contributed by atoms with Gasteiger partial charge in [0, 0.05) is 41.5 Å². The second-order valence-corrected chi connectivity index (χ2v) is 9.61. The molecular weight excluding hydrogens is 356 g/mol. The fraction of sp³-hybridized carbons (Fsp3) is 0.333. The van der Waals surface area contributed by atoms with Crippen LogP contribution in [0.5, 0.6) is 0 Å². The van der Waals surface area contributed by atoms with Crippen molar-refractivity contribution in [1.29, 1.82) is 0 Å². The van der Waals surface area contributed by atoms with Crippen LogP contribution in [-0.4, -0.2) is 30.0 Å². The Hall–Kier alpha value is -1.99. The monoisotopic (exact) mass is 374 g/mol. The molecule has 7 heteroatoms. The molecule has 130 valence electrons. The van der Waals surface area contributed by atoms with Crippen LogP contribution in [-0.2, 0) is 22.8 Å². The first-order valence-corrected chi connectivity index (χ1v) is 10.9. The van der Waals surface area contributed by atoms with Crippen molar-refractivity contribution >= 4 is 37.9 Å². The van der Waals surface area contributed by atoms with Crippen molar-refractivity contribution in [2.24, 2.45) is 5.92 Å². The fourth-order valence-electron chi connectivity index (χ4n) is 3.03. The molecule has 1 aliphatic carbocycles. The lowest BCUT2D eigenvalue weighted by atomic mass is 10.1. The summed E-state index contributed by atoms with van der Waals surface area (Å²) >= 11 is 1.47. The van der Waals surface area contributed by atoms with Gasteiger partial charge >= 0.3 is 0 Å². The zero-order valence-electron chi connectivity index (χ0n) is 13.8. The van der Waals surface area contributed by atoms with E-state index >= 15 is 0 Å². The Kier molecular flexibility index (Phi) is 4.00. The van der Waals surface area contributed by atoms with E-state index in [1.165, 1.54) is 30.4 Å². The van der Waals surface area contributed by atoms with Crippen LogP contribution in [0.1, 0.15) is 28.2 Å². The average Bonchev–Trinajstić information content (AvgIpc) is 3.08. The molecule has 1 aromatic carbocycles. The number of carbonyl (C=O) groups excluding carboxylic acids is 1. The molecule has 0 radical (unpaired) electrons. The Labute approximate surface area is 150 Å². The summed E-state index contributed by atoms with van der Waals surface area (Å²) in [6.45, 7) is 0.828. The molecular formula is C18H18N2O3S2. The van der Waals surface area contributed by atoms with E-state index in [0.717, 1.165) is 22.5 Å². The van der Waals surface area contributed by atoms with Crippen LogP contribution in [0.25, 0.3) is 10.9 Å². The average molecular weight is 374 g/mol. The van der Waals surface area contributed by atoms with Gasteiger partial charge in [0.2, 0.25) is 0 Å². The van der Waals surface area contributed by atoms with Gasteiger partial charge in [-0.3, -0.25) is 4.79 Å². The van der Waals surface area contributed by atoms with Crippen molar-refractivity contribution in [2.45, 2.75) is 30.7 Å². The van der Waals surface area contributed by atoms with Gasteiger partial charge in [0.25, 0.3) is 0 Å². The summed E-state index contributed by atoms with van der Waals surface area (Å²) in [6, 6.07) is 5.02. The SMILES string of the molecule is CS(=O)(=O)c1ccc2c(C(=O)Cc3nccs3)cn(CC3CC3)c2c1. The van der Waals surface area contributed by atoms with Crippen molar-refractivity contribution in [3.05, 3.63) is 46.5 Å². The molecule has 0 spiro atoms. The van der Waals surface area contributed by atoms with Crippen LogP contribution >= 0.6 is 11.3 Å². The van der Waals surface area contributed by atoms with E-state index in [1.54, 1.807) is 24.4 Å². The van der Waals surface area contributed by atoms with Crippen molar-refractivity contribution in [3.63, 3.8) is 0 Å². The van der Waals surface area contributed by atoms with Gasteiger partial charge in [-0.1, -0.05) is 6.07 Å². The van der Waals surface area contributed by atoms with Gasteiger partial charge in [-0.25, -0.2) is 13.4 Å². The van der Waals surface area contributed by atoms with Gasteiger partial charge < -0.3 is 4.57 Å². The number of Topliss-reactive ketones (excluding diaryl/α,β-unsaturated/α-hetero) is 1. The number of carbonyl (C=O) groups is 1. The number of fused-ring (bicyclic) bond motifs is 1. The number of benzene rings is 1. The highest BCUT2D eigenvalue weighted by Gasteiger charge is 2.24. The van der Waals surface area contributed by atoms with Crippen molar-refractivity contribution in [3.8, 4) is 0 Å². The summed E-state index contributed by atoms with van der Waals surface area (Å²) in [7, 11) is -3.28. The summed E-state index contributed by atoms with van der Waals surface area (Å²) in [4.78, 5) is 17.2. The van der Waals surface area contributed by atoms with E-state index in [4.69, 9.17) is 0 Å². The Morgan fingerprint density at radius 2 is 2.16 bits per heavy atom. The summed E-state index contributed by atoms with van der Waals surface area (Å²) in [5, 5.41) is 3.47. The Morgan fingerprint density at radius 1 is 1.36 bits per heavy atom. The molecule has 2 aromatic heterocycles. The molecule has 3 aromatic rings. The highest BCUT2D eigenvalue weighted by molar-refractivity contribution is 7.90. The third-order valence-corrected chi connectivity index (χ3v) is 6.42. The van der Waals surface area contributed by atoms with Gasteiger partial charge in [0.15, 0.2) is 15.6 Å². The second kappa shape index (κ2) is 6.07. The minimum absolute atomic E-state index is 0.0154. The van der Waals surface area contributed by atoms with Gasteiger partial charge in [-0.2, -0.15) is 0 Å². The highest BCUT2D eigenvalue weighted by Crippen LogP contribution is 2.34. The molecule has 1 aliphatic rings. The maximum atomic E-state index is 12.8. The molecule has 1 saturated carbocycles. The van der Waals surface area contributed by atoms with E-state index in [2.05, 4.69) is 4.98 Å². The quantitative estimate of drug-likeness (QED) is 0.621. The number of aromatic nitrogens is 2. The van der Waals surface area contributed by atoms with Gasteiger partial charge in [0.05, 0.1) is 16.8 Å². The minimum atomic E-state index is -3.28. The fourth-order valence-corrected chi connectivity index (χ4v) is 4.28. The number of nitrogens with zero attached hydrogens (tertiary/aromatic N) is 2. The number of sulfone groups is 1. The van der Waals surface area contributed by atoms with Crippen LogP contribution < -0.4 is 0 Å². The lowest BCUT2D eigenvalue weighted by Crippen LogP contribution is -2.03. The third kappa shape index (κ3) is 3.39. The van der Waals surface area contributed by atoms with Crippen LogP contribution in [0.3, 0.4) is 0 Å². The molecule has 0 saturated heterocycles. The molecule has 0 N–H and O–H groups in total. The molecule has 0 aliphatic heterocycles. The highest BCUT2D eigenvalue weighted by atomic mass is 32.2. The first kappa shape index (κ1) is 16.5. The molecule has 4 rings (SSSR count). The number of ketones is 1. The van der Waals surface area contributed by atoms with Crippen molar-refractivity contribution in [1.82, 2.24) is 9.55 Å². The Bertz CT molecular complexity index is 1050. The van der Waals surface area contributed by atoms with E-state index in [-0.39, 0.29) is 17.1 Å². The first-order chi connectivity index (χ1) is 11.9. The van der Waals surface area contributed by atoms with Crippen molar-refractivity contribution in [2.75, 3.05) is 6.26 Å². The van der Waals surface area contributed by atoms with E-state index in [0.29, 0.717) is 11.5 Å². The minimum Gasteiger partial charge on any atom is -0.346 e. The van der Waals surface area contributed by atoms with E-state index in [1.807, 2.05) is 16.1 Å². The second-order valence-electron chi connectivity index (χ2n) is 6.62. The maximum absolute atomic E-state index is 12.8. The van der Waals surface area contributed by atoms with Gasteiger partial charge in [0.1, 0.15) is 5.01 Å². The zero-order valence-corrected chi connectivity index (χ0v) is 15.4. The first-order valence-electron chi connectivity index (χ1n) is 8.16. The number of rotatable bonds is 6. The number of thiazole rings is 1. The smallest absolute Gasteiger partial charge is 0.175 e. The lowest BCUT2D eigenvalue weighted by molar-refractivity contribution is 0.0994. The predicted octanol–water partition coefficient (Wildman–Crippen LogP) is 3.34. The molecule has 2 heterocycles. The molecule has 5 nitrogen and oxygen atoms in total. The topological polar surface area (TPSA) is 69.0 Å². The summed E-state index contributed by atoms with van der Waals surface area (Å²) in [5.41, 5.74) is 1.46. The molecule has 0 amide bonds. The van der Waals surface area contributed by atoms with Crippen LogP contribution in [0.15, 0.2) is 40.9 Å². The summed E-state index contributed by atoms with van der Waals surface area (Å²) in [5.74, 6) is 0.640. The van der Waals surface area contributed by atoms with Crippen molar-refractivity contribution < 1.29 is 13.2 Å². The molecule has 0 bridgehead atoms. The lowest BCUT2D eigenvalue weighted by Gasteiger charge is -2.05. The molecule has 1 fully saturated rings. The predicted molar refractivity (Wildman–Crippen MR) is 97.9 cm³/mol. The van der Waals surface area contributed by atoms with Gasteiger partial charge in [-0.15, -0.1) is 11.3 Å². The summed E-state index contributed by atoms with van der Waals surface area (Å²) in [6.07, 6.45) is 7.43. The van der Waals surface area contributed by atoms with Crippen LogP contribution in [0.2, 0.25) is 0 Å². The standard InChI is InChI=1S/C18H18N2O3S2/c1-25(22,23)13-4-5-14-15(17(21)9-18-19-6-7-24-18)11-20(16(14)8-13)10-12-2-3-12/h4-8,11-12H,2-3,9-10H2,1H3. The number of hydrogen-bond donors (Lipinski definition) is 0. The van der Waals surface area contributed by atoms with E-state index < -0.39 is 9.84 Å². The Balaban J connectivity index is 1.79. The summed E-state index contributed by atoms with van der Waals surface area (Å²) < 4.78 is 25.8. The van der Waals surface area contributed by atoms with E-state index in [9.17, 15) is 13.2 Å². The van der Waals surface area contributed by atoms with Gasteiger partial charge in [-0.05, 0) is 30.9 Å². The Morgan fingerprint density at radius 3 is 2.80 bits per heavy atom. The third-order valence-electron chi connectivity index (χ3n) is 4.53. The van der Waals surface area contributed by atoms with Crippen LogP contribution in [0, 0.1) is 5.92 Å². The largest absolute Gasteiger partial charge is 0.346 e. The maximum Gasteiger partial charge on any atom is 0.175 e. The molecule has 0 atom stereocenters. The number of hydrogen-bond acceptors (Lipinski definition) is 5. The normalized spacial score (nSPS) is 14.9. The van der Waals surface area contributed by atoms with Crippen LogP contribution in [0.4, 0.5) is 0 Å². The molecule has 25 heavy (non-hydrogen) atoms.